The maximum atomic E-state index is 5.39. The molecule has 1 aliphatic rings. The first-order valence-corrected chi connectivity index (χ1v) is 7.76. The molecule has 3 nitrogen and oxygen atoms in total. The molecule has 0 aliphatic carbocycles. The van der Waals surface area contributed by atoms with E-state index in [1.54, 1.807) is 0 Å². The third-order valence-corrected chi connectivity index (χ3v) is 4.15. The zero-order valence-electron chi connectivity index (χ0n) is 12.7. The van der Waals surface area contributed by atoms with Gasteiger partial charge in [-0.3, -0.25) is 0 Å². The number of aryl methyl sites for hydroxylation is 2. The van der Waals surface area contributed by atoms with Crippen molar-refractivity contribution in [1.29, 1.82) is 0 Å². The zero-order valence-corrected chi connectivity index (χ0v) is 13.5. The van der Waals surface area contributed by atoms with Gasteiger partial charge in [-0.1, -0.05) is 17.7 Å². The molecule has 4 heteroatoms. The molecule has 0 spiro atoms. The molecule has 0 unspecified atom stereocenters. The van der Waals surface area contributed by atoms with E-state index in [0.29, 0.717) is 5.92 Å². The van der Waals surface area contributed by atoms with Crippen molar-refractivity contribution in [2.45, 2.75) is 26.7 Å². The number of nitrogens with zero attached hydrogens (tertiary/aromatic N) is 1. The van der Waals surface area contributed by atoms with Crippen molar-refractivity contribution in [2.24, 2.45) is 5.92 Å². The molecule has 0 radical (unpaired) electrons. The zero-order chi connectivity index (χ0) is 14.5. The molecule has 110 valence electrons. The Morgan fingerprint density at radius 1 is 1.40 bits per heavy atom. The quantitative estimate of drug-likeness (QED) is 0.837. The largest absolute Gasteiger partial charge is 0.362 e. The summed E-state index contributed by atoms with van der Waals surface area (Å²) in [5, 5.41) is 7.38. The lowest BCUT2D eigenvalue weighted by atomic mass is 9.99. The lowest BCUT2D eigenvalue weighted by Gasteiger charge is -2.30. The normalized spacial score (nSPS) is 19.6. The average molecular weight is 291 g/mol. The smallest absolute Gasteiger partial charge is 0.170 e. The summed E-state index contributed by atoms with van der Waals surface area (Å²) < 4.78 is 0. The molecule has 1 aromatic carbocycles. The summed E-state index contributed by atoms with van der Waals surface area (Å²) in [5.74, 6) is 0.701. The summed E-state index contributed by atoms with van der Waals surface area (Å²) in [6, 6.07) is 6.36. The van der Waals surface area contributed by atoms with Crippen LogP contribution in [0.5, 0.6) is 0 Å². The Morgan fingerprint density at radius 3 is 2.90 bits per heavy atom. The van der Waals surface area contributed by atoms with Crippen molar-refractivity contribution in [1.82, 2.24) is 10.2 Å². The van der Waals surface area contributed by atoms with Crippen molar-refractivity contribution in [3.05, 3.63) is 29.3 Å². The lowest BCUT2D eigenvalue weighted by molar-refractivity contribution is 0.211. The van der Waals surface area contributed by atoms with Gasteiger partial charge in [0.1, 0.15) is 0 Å². The Kier molecular flexibility index (Phi) is 5.38. The first-order valence-electron chi connectivity index (χ1n) is 7.35. The first-order chi connectivity index (χ1) is 9.54. The number of thiocarbonyl (C=S) groups is 1. The standard InChI is InChI=1S/C16H25N3S/c1-12-6-7-15(13(2)9-12)18-16(20)17-10-14-5-4-8-19(3)11-14/h6-7,9,14H,4-5,8,10-11H2,1-3H3,(H2,17,18,20)/t14-/m1/s1. The molecule has 2 N–H and O–H groups in total. The van der Waals surface area contributed by atoms with Crippen molar-refractivity contribution in [2.75, 3.05) is 32.0 Å². The average Bonchev–Trinajstić information content (AvgIpc) is 2.40. The highest BCUT2D eigenvalue weighted by Crippen LogP contribution is 2.16. The highest BCUT2D eigenvalue weighted by Gasteiger charge is 2.17. The Labute approximate surface area is 127 Å². The molecule has 1 saturated heterocycles. The fraction of sp³-hybridized carbons (Fsp3) is 0.562. The third kappa shape index (κ3) is 4.46. The molecular formula is C16H25N3S. The van der Waals surface area contributed by atoms with Crippen molar-refractivity contribution < 1.29 is 0 Å². The van der Waals surface area contributed by atoms with Crippen molar-refractivity contribution >= 4 is 23.0 Å². The Hall–Kier alpha value is -1.13. The molecule has 2 rings (SSSR count). The second kappa shape index (κ2) is 7.04. The van der Waals surface area contributed by atoms with E-state index in [-0.39, 0.29) is 0 Å². The summed E-state index contributed by atoms with van der Waals surface area (Å²) in [7, 11) is 2.19. The van der Waals surface area contributed by atoms with E-state index in [4.69, 9.17) is 12.2 Å². The molecule has 0 aromatic heterocycles. The molecule has 1 heterocycles. The van der Waals surface area contributed by atoms with Crippen LogP contribution in [-0.2, 0) is 0 Å². The summed E-state index contributed by atoms with van der Waals surface area (Å²) in [6.07, 6.45) is 2.59. The minimum absolute atomic E-state index is 0.701. The van der Waals surface area contributed by atoms with Crippen LogP contribution in [0.2, 0.25) is 0 Å². The Bertz CT molecular complexity index is 473. The van der Waals surface area contributed by atoms with E-state index in [0.717, 1.165) is 17.3 Å². The van der Waals surface area contributed by atoms with Gasteiger partial charge in [-0.25, -0.2) is 0 Å². The van der Waals surface area contributed by atoms with Gasteiger partial charge < -0.3 is 15.5 Å². The van der Waals surface area contributed by atoms with Crippen LogP contribution < -0.4 is 10.6 Å². The topological polar surface area (TPSA) is 27.3 Å². The number of piperidine rings is 1. The number of hydrogen-bond donors (Lipinski definition) is 2. The van der Waals surface area contributed by atoms with E-state index >= 15 is 0 Å². The van der Waals surface area contributed by atoms with Gasteiger partial charge in [-0.2, -0.15) is 0 Å². The van der Waals surface area contributed by atoms with Crippen LogP contribution in [0.25, 0.3) is 0 Å². The fourth-order valence-electron chi connectivity index (χ4n) is 2.80. The van der Waals surface area contributed by atoms with Gasteiger partial charge in [0.2, 0.25) is 0 Å². The highest BCUT2D eigenvalue weighted by molar-refractivity contribution is 7.80. The van der Waals surface area contributed by atoms with E-state index in [9.17, 15) is 0 Å². The monoisotopic (exact) mass is 291 g/mol. The molecule has 1 fully saturated rings. The number of anilines is 1. The van der Waals surface area contributed by atoms with Gasteiger partial charge >= 0.3 is 0 Å². The van der Waals surface area contributed by atoms with Gasteiger partial charge in [-0.05, 0) is 70.0 Å². The minimum atomic E-state index is 0.701. The van der Waals surface area contributed by atoms with Crippen LogP contribution in [0, 0.1) is 19.8 Å². The molecule has 1 atom stereocenters. The minimum Gasteiger partial charge on any atom is -0.362 e. The molecular weight excluding hydrogens is 266 g/mol. The number of nitrogens with one attached hydrogen (secondary N) is 2. The predicted octanol–water partition coefficient (Wildman–Crippen LogP) is 2.93. The molecule has 1 aromatic rings. The third-order valence-electron chi connectivity index (χ3n) is 3.90. The van der Waals surface area contributed by atoms with Crippen LogP contribution in [0.4, 0.5) is 5.69 Å². The number of rotatable bonds is 3. The van der Waals surface area contributed by atoms with Gasteiger partial charge in [0.15, 0.2) is 5.11 Å². The van der Waals surface area contributed by atoms with Crippen LogP contribution in [0.15, 0.2) is 18.2 Å². The van der Waals surface area contributed by atoms with E-state index in [1.165, 1.54) is 37.1 Å². The summed E-state index contributed by atoms with van der Waals surface area (Å²) in [4.78, 5) is 2.40. The van der Waals surface area contributed by atoms with Crippen LogP contribution in [0.1, 0.15) is 24.0 Å². The highest BCUT2D eigenvalue weighted by atomic mass is 32.1. The van der Waals surface area contributed by atoms with Crippen LogP contribution >= 0.6 is 12.2 Å². The van der Waals surface area contributed by atoms with Crippen LogP contribution in [0.3, 0.4) is 0 Å². The molecule has 1 aliphatic heterocycles. The van der Waals surface area contributed by atoms with Gasteiger partial charge in [0.05, 0.1) is 0 Å². The molecule has 0 amide bonds. The van der Waals surface area contributed by atoms with E-state index in [2.05, 4.69) is 54.6 Å². The second-order valence-electron chi connectivity index (χ2n) is 5.92. The van der Waals surface area contributed by atoms with Crippen molar-refractivity contribution in [3.8, 4) is 0 Å². The van der Waals surface area contributed by atoms with Gasteiger partial charge in [0.25, 0.3) is 0 Å². The molecule has 20 heavy (non-hydrogen) atoms. The molecule has 0 bridgehead atoms. The van der Waals surface area contributed by atoms with E-state index < -0.39 is 0 Å². The predicted molar refractivity (Wildman–Crippen MR) is 90.4 cm³/mol. The Balaban J connectivity index is 1.80. The summed E-state index contributed by atoms with van der Waals surface area (Å²) in [6.45, 7) is 7.56. The van der Waals surface area contributed by atoms with Gasteiger partial charge in [0, 0.05) is 18.8 Å². The lowest BCUT2D eigenvalue weighted by Crippen LogP contribution is -2.40. The maximum Gasteiger partial charge on any atom is 0.170 e. The number of benzene rings is 1. The summed E-state index contributed by atoms with van der Waals surface area (Å²) in [5.41, 5.74) is 3.59. The molecule has 0 saturated carbocycles. The Morgan fingerprint density at radius 2 is 2.20 bits per heavy atom. The number of likely N-dealkylation sites (tertiary alicyclic amines) is 1. The first kappa shape index (κ1) is 15.3. The van der Waals surface area contributed by atoms with Gasteiger partial charge in [-0.15, -0.1) is 0 Å². The second-order valence-corrected chi connectivity index (χ2v) is 6.33. The van der Waals surface area contributed by atoms with E-state index in [1.807, 2.05) is 0 Å². The maximum absolute atomic E-state index is 5.39. The summed E-state index contributed by atoms with van der Waals surface area (Å²) >= 11 is 5.39. The van der Waals surface area contributed by atoms with Crippen LogP contribution in [-0.4, -0.2) is 36.7 Å². The van der Waals surface area contributed by atoms with Crippen molar-refractivity contribution in [3.63, 3.8) is 0 Å². The number of hydrogen-bond acceptors (Lipinski definition) is 2. The SMILES string of the molecule is Cc1ccc(NC(=S)NC[C@H]2CCCN(C)C2)c(C)c1. The fourth-order valence-corrected chi connectivity index (χ4v) is 2.99.